The van der Waals surface area contributed by atoms with Gasteiger partial charge in [0.25, 0.3) is 5.56 Å². The van der Waals surface area contributed by atoms with Crippen LogP contribution in [0.2, 0.25) is 0 Å². The van der Waals surface area contributed by atoms with E-state index in [0.29, 0.717) is 18.2 Å². The third kappa shape index (κ3) is 2.73. The van der Waals surface area contributed by atoms with E-state index in [1.807, 2.05) is 0 Å². The second-order valence-electron chi connectivity index (χ2n) is 5.64. The fraction of sp³-hybridized carbons (Fsp3) is 0.692. The standard InChI is InChI=1S/C13H18N2O3S/c16-12-7-11(9-3-1-2-4-9)14-13(15-12)10-5-6-19(17,18)8-10/h7,9-10H,1-6,8H2,(H,14,15,16). The number of nitrogens with zero attached hydrogens (tertiary/aromatic N) is 1. The molecule has 2 heterocycles. The summed E-state index contributed by atoms with van der Waals surface area (Å²) >= 11 is 0. The summed E-state index contributed by atoms with van der Waals surface area (Å²) in [7, 11) is -2.95. The van der Waals surface area contributed by atoms with Gasteiger partial charge in [0.1, 0.15) is 5.82 Å². The highest BCUT2D eigenvalue weighted by Gasteiger charge is 2.31. The Morgan fingerprint density at radius 2 is 1.89 bits per heavy atom. The second-order valence-corrected chi connectivity index (χ2v) is 7.87. The first-order chi connectivity index (χ1) is 9.03. The predicted octanol–water partition coefficient (Wildman–Crippen LogP) is 1.33. The third-order valence-corrected chi connectivity index (χ3v) is 5.94. The summed E-state index contributed by atoms with van der Waals surface area (Å²) in [5.41, 5.74) is 0.691. The molecule has 104 valence electrons. The van der Waals surface area contributed by atoms with Crippen LogP contribution in [0.1, 0.15) is 55.5 Å². The Morgan fingerprint density at radius 1 is 1.16 bits per heavy atom. The molecule has 1 aromatic rings. The summed E-state index contributed by atoms with van der Waals surface area (Å²) in [6.45, 7) is 0. The number of nitrogens with one attached hydrogen (secondary N) is 1. The fourth-order valence-corrected chi connectivity index (χ4v) is 4.88. The van der Waals surface area contributed by atoms with Crippen molar-refractivity contribution >= 4 is 9.84 Å². The number of aromatic nitrogens is 2. The van der Waals surface area contributed by atoms with Crippen LogP contribution in [0.4, 0.5) is 0 Å². The highest BCUT2D eigenvalue weighted by atomic mass is 32.2. The maximum Gasteiger partial charge on any atom is 0.251 e. The summed E-state index contributed by atoms with van der Waals surface area (Å²) in [4.78, 5) is 19.0. The summed E-state index contributed by atoms with van der Waals surface area (Å²) in [5, 5.41) is 0. The molecular weight excluding hydrogens is 264 g/mol. The molecule has 1 saturated carbocycles. The van der Waals surface area contributed by atoms with Gasteiger partial charge >= 0.3 is 0 Å². The molecule has 1 N–H and O–H groups in total. The van der Waals surface area contributed by atoms with Crippen LogP contribution in [0.5, 0.6) is 0 Å². The van der Waals surface area contributed by atoms with Crippen molar-refractivity contribution in [2.75, 3.05) is 11.5 Å². The molecule has 2 fully saturated rings. The SMILES string of the molecule is O=c1cc(C2CCCC2)nc(C2CCS(=O)(=O)C2)[nH]1. The maximum atomic E-state index is 11.7. The van der Waals surface area contributed by atoms with E-state index < -0.39 is 9.84 Å². The fourth-order valence-electron chi connectivity index (χ4n) is 3.13. The molecule has 0 spiro atoms. The van der Waals surface area contributed by atoms with Crippen LogP contribution < -0.4 is 5.56 Å². The van der Waals surface area contributed by atoms with Crippen LogP contribution in [-0.4, -0.2) is 29.9 Å². The van der Waals surface area contributed by atoms with Crippen LogP contribution >= 0.6 is 0 Å². The van der Waals surface area contributed by atoms with Gasteiger partial charge in [-0.2, -0.15) is 0 Å². The topological polar surface area (TPSA) is 79.9 Å². The Labute approximate surface area is 112 Å². The van der Waals surface area contributed by atoms with Crippen molar-refractivity contribution in [1.82, 2.24) is 9.97 Å². The highest BCUT2D eigenvalue weighted by Crippen LogP contribution is 2.33. The lowest BCUT2D eigenvalue weighted by molar-refractivity contribution is 0.600. The minimum absolute atomic E-state index is 0.115. The quantitative estimate of drug-likeness (QED) is 0.887. The van der Waals surface area contributed by atoms with Crippen molar-refractivity contribution in [2.24, 2.45) is 0 Å². The Bertz CT molecular complexity index is 630. The van der Waals surface area contributed by atoms with Crippen molar-refractivity contribution in [2.45, 2.75) is 43.9 Å². The summed E-state index contributed by atoms with van der Waals surface area (Å²) in [5.74, 6) is 1.12. The van der Waals surface area contributed by atoms with Gasteiger partial charge in [0, 0.05) is 17.9 Å². The molecule has 6 heteroatoms. The van der Waals surface area contributed by atoms with Crippen molar-refractivity contribution in [1.29, 1.82) is 0 Å². The Hall–Kier alpha value is -1.17. The Balaban J connectivity index is 1.92. The molecular formula is C13H18N2O3S. The zero-order chi connectivity index (χ0) is 13.5. The first-order valence-electron chi connectivity index (χ1n) is 6.85. The van der Waals surface area contributed by atoms with Gasteiger partial charge in [-0.1, -0.05) is 12.8 Å². The van der Waals surface area contributed by atoms with Gasteiger partial charge < -0.3 is 4.98 Å². The van der Waals surface area contributed by atoms with Crippen molar-refractivity contribution in [3.63, 3.8) is 0 Å². The second kappa shape index (κ2) is 4.74. The lowest BCUT2D eigenvalue weighted by Gasteiger charge is -2.12. The van der Waals surface area contributed by atoms with Crippen molar-refractivity contribution in [3.8, 4) is 0 Å². The summed E-state index contributed by atoms with van der Waals surface area (Å²) in [6, 6.07) is 1.57. The van der Waals surface area contributed by atoms with Gasteiger partial charge in [-0.15, -0.1) is 0 Å². The maximum absolute atomic E-state index is 11.7. The molecule has 1 unspecified atom stereocenters. The first kappa shape index (κ1) is 12.8. The van der Waals surface area contributed by atoms with Crippen LogP contribution in [0.25, 0.3) is 0 Å². The van der Waals surface area contributed by atoms with E-state index in [0.717, 1.165) is 18.5 Å². The Kier molecular flexibility index (Phi) is 3.20. The van der Waals surface area contributed by atoms with Crippen molar-refractivity contribution in [3.05, 3.63) is 27.9 Å². The lowest BCUT2D eigenvalue weighted by atomic mass is 10.0. The molecule has 1 aliphatic heterocycles. The number of hydrogen-bond donors (Lipinski definition) is 1. The summed E-state index contributed by atoms with van der Waals surface area (Å²) in [6.07, 6.45) is 5.11. The molecule has 19 heavy (non-hydrogen) atoms. The van der Waals surface area contributed by atoms with E-state index in [1.54, 1.807) is 6.07 Å². The lowest BCUT2D eigenvalue weighted by Crippen LogP contribution is -2.17. The van der Waals surface area contributed by atoms with Gasteiger partial charge in [0.15, 0.2) is 9.84 Å². The first-order valence-corrected chi connectivity index (χ1v) is 8.67. The third-order valence-electron chi connectivity index (χ3n) is 4.17. The molecule has 1 atom stereocenters. The van der Waals surface area contributed by atoms with Gasteiger partial charge in [0.05, 0.1) is 17.2 Å². The molecule has 0 amide bonds. The summed E-state index contributed by atoms with van der Waals surface area (Å²) < 4.78 is 23.0. The molecule has 1 aliphatic carbocycles. The van der Waals surface area contributed by atoms with Crippen LogP contribution in [0, 0.1) is 0 Å². The minimum atomic E-state index is -2.95. The predicted molar refractivity (Wildman–Crippen MR) is 72.1 cm³/mol. The molecule has 0 bridgehead atoms. The molecule has 0 radical (unpaired) electrons. The highest BCUT2D eigenvalue weighted by molar-refractivity contribution is 7.91. The zero-order valence-corrected chi connectivity index (χ0v) is 11.6. The van der Waals surface area contributed by atoms with Crippen LogP contribution in [0.15, 0.2) is 10.9 Å². The Morgan fingerprint density at radius 3 is 2.53 bits per heavy atom. The number of H-pyrrole nitrogens is 1. The normalized spacial score (nSPS) is 26.8. The molecule has 1 aromatic heterocycles. The van der Waals surface area contributed by atoms with Crippen LogP contribution in [0.3, 0.4) is 0 Å². The number of rotatable bonds is 2. The number of sulfone groups is 1. The van der Waals surface area contributed by atoms with Gasteiger partial charge in [-0.3, -0.25) is 4.79 Å². The van der Waals surface area contributed by atoms with Crippen LogP contribution in [-0.2, 0) is 9.84 Å². The van der Waals surface area contributed by atoms with Crippen molar-refractivity contribution < 1.29 is 8.42 Å². The van der Waals surface area contributed by atoms with Gasteiger partial charge in [-0.25, -0.2) is 13.4 Å². The molecule has 3 rings (SSSR count). The van der Waals surface area contributed by atoms with E-state index in [4.69, 9.17) is 0 Å². The number of aromatic amines is 1. The molecule has 0 aromatic carbocycles. The van der Waals surface area contributed by atoms with Gasteiger partial charge in [0.2, 0.25) is 0 Å². The molecule has 1 saturated heterocycles. The number of hydrogen-bond acceptors (Lipinski definition) is 4. The van der Waals surface area contributed by atoms with Gasteiger partial charge in [-0.05, 0) is 19.3 Å². The van der Waals surface area contributed by atoms with E-state index in [9.17, 15) is 13.2 Å². The van der Waals surface area contributed by atoms with E-state index in [-0.39, 0.29) is 23.0 Å². The molecule has 2 aliphatic rings. The average molecular weight is 282 g/mol. The monoisotopic (exact) mass is 282 g/mol. The average Bonchev–Trinajstić information content (AvgIpc) is 2.97. The van der Waals surface area contributed by atoms with E-state index in [2.05, 4.69) is 9.97 Å². The zero-order valence-electron chi connectivity index (χ0n) is 10.8. The minimum Gasteiger partial charge on any atom is -0.310 e. The van der Waals surface area contributed by atoms with E-state index >= 15 is 0 Å². The van der Waals surface area contributed by atoms with E-state index in [1.165, 1.54) is 12.8 Å². The molecule has 5 nitrogen and oxygen atoms in total. The smallest absolute Gasteiger partial charge is 0.251 e. The largest absolute Gasteiger partial charge is 0.310 e.